The van der Waals surface area contributed by atoms with E-state index in [0.29, 0.717) is 12.1 Å². The third-order valence-electron chi connectivity index (χ3n) is 3.78. The fourth-order valence-electron chi connectivity index (χ4n) is 2.69. The molecule has 0 radical (unpaired) electrons. The molecule has 2 unspecified atom stereocenters. The second-order valence-corrected chi connectivity index (χ2v) is 6.10. The van der Waals surface area contributed by atoms with Crippen molar-refractivity contribution in [3.63, 3.8) is 0 Å². The topological polar surface area (TPSA) is 48.2 Å². The van der Waals surface area contributed by atoms with Crippen molar-refractivity contribution in [1.82, 2.24) is 5.32 Å². The summed E-state index contributed by atoms with van der Waals surface area (Å²) in [7, 11) is 0. The molecule has 1 aliphatic heterocycles. The molecule has 0 saturated heterocycles. The number of amidine groups is 1. The molecule has 1 aromatic carbocycles. The van der Waals surface area contributed by atoms with Crippen LogP contribution in [-0.4, -0.2) is 17.3 Å². The van der Waals surface area contributed by atoms with E-state index in [1.165, 1.54) is 31.2 Å². The Balaban J connectivity index is 1.56. The number of benzene rings is 1. The fraction of sp³-hybridized carbons (Fsp3) is 0.467. The Morgan fingerprint density at radius 2 is 2.05 bits per heavy atom. The molecule has 3 nitrogen and oxygen atoms in total. The summed E-state index contributed by atoms with van der Waals surface area (Å²) in [6.45, 7) is 0. The van der Waals surface area contributed by atoms with Gasteiger partial charge >= 0.3 is 0 Å². The lowest BCUT2D eigenvalue weighted by atomic mass is 9.92. The normalized spacial score (nSPS) is 25.1. The maximum atomic E-state index is 8.77. The quantitative estimate of drug-likeness (QED) is 0.899. The second-order valence-electron chi connectivity index (χ2n) is 5.13. The molecular weight excluding hydrogens is 254 g/mol. The van der Waals surface area contributed by atoms with Crippen LogP contribution in [0.15, 0.2) is 29.3 Å². The van der Waals surface area contributed by atoms with E-state index in [1.807, 2.05) is 24.3 Å². The van der Waals surface area contributed by atoms with Gasteiger partial charge in [-0.1, -0.05) is 36.7 Å². The zero-order valence-electron chi connectivity index (χ0n) is 10.8. The summed E-state index contributed by atoms with van der Waals surface area (Å²) in [5.74, 6) is 0.914. The first-order chi connectivity index (χ1) is 9.35. The van der Waals surface area contributed by atoms with Gasteiger partial charge in [-0.05, 0) is 30.5 Å². The number of thioether (sulfide) groups is 1. The van der Waals surface area contributed by atoms with Gasteiger partial charge in [0.2, 0.25) is 0 Å². The highest BCUT2D eigenvalue weighted by Crippen LogP contribution is 2.27. The van der Waals surface area contributed by atoms with Gasteiger partial charge in [0.25, 0.3) is 0 Å². The van der Waals surface area contributed by atoms with Crippen LogP contribution < -0.4 is 5.32 Å². The summed E-state index contributed by atoms with van der Waals surface area (Å²) in [5.41, 5.74) is 1.96. The Kier molecular flexibility index (Phi) is 3.74. The molecule has 1 aromatic rings. The van der Waals surface area contributed by atoms with Crippen LogP contribution in [0.25, 0.3) is 0 Å². The highest BCUT2D eigenvalue weighted by atomic mass is 32.2. The number of hydrogen-bond donors (Lipinski definition) is 1. The standard InChI is InChI=1S/C15H17N3S/c16-9-11-5-7-12(8-6-11)10-19-15-17-13-3-1-2-4-14(13)18-15/h5-8,13-14H,1-4,10H2,(H,17,18). The van der Waals surface area contributed by atoms with Crippen molar-refractivity contribution in [3.8, 4) is 6.07 Å². The molecule has 0 aromatic heterocycles. The molecule has 0 amide bonds. The Bertz CT molecular complexity index is 515. The van der Waals surface area contributed by atoms with Crippen LogP contribution in [-0.2, 0) is 5.75 Å². The largest absolute Gasteiger partial charge is 0.360 e. The predicted molar refractivity (Wildman–Crippen MR) is 79.1 cm³/mol. The molecule has 19 heavy (non-hydrogen) atoms. The van der Waals surface area contributed by atoms with Gasteiger partial charge in [0.1, 0.15) is 0 Å². The minimum absolute atomic E-state index is 0.511. The minimum atomic E-state index is 0.511. The van der Waals surface area contributed by atoms with Crippen LogP contribution in [0.1, 0.15) is 36.8 Å². The lowest BCUT2D eigenvalue weighted by molar-refractivity contribution is 0.385. The van der Waals surface area contributed by atoms with Gasteiger partial charge in [0.05, 0.1) is 23.7 Å². The second kappa shape index (κ2) is 5.66. The number of fused-ring (bicyclic) bond motifs is 1. The van der Waals surface area contributed by atoms with E-state index in [0.717, 1.165) is 16.5 Å². The number of nitrogens with zero attached hydrogens (tertiary/aromatic N) is 2. The van der Waals surface area contributed by atoms with Gasteiger partial charge < -0.3 is 5.32 Å². The first-order valence-electron chi connectivity index (χ1n) is 6.81. The summed E-state index contributed by atoms with van der Waals surface area (Å²) in [6, 6.07) is 11.0. The molecule has 2 aliphatic rings. The van der Waals surface area contributed by atoms with Crippen LogP contribution in [0.2, 0.25) is 0 Å². The monoisotopic (exact) mass is 271 g/mol. The summed E-state index contributed by atoms with van der Waals surface area (Å²) in [6.07, 6.45) is 5.14. The first-order valence-corrected chi connectivity index (χ1v) is 7.80. The average molecular weight is 271 g/mol. The zero-order chi connectivity index (χ0) is 13.1. The lowest BCUT2D eigenvalue weighted by Gasteiger charge is -2.23. The predicted octanol–water partition coefficient (Wildman–Crippen LogP) is 3.06. The van der Waals surface area contributed by atoms with Crippen molar-refractivity contribution in [3.05, 3.63) is 35.4 Å². The Morgan fingerprint density at radius 1 is 1.26 bits per heavy atom. The highest BCUT2D eigenvalue weighted by Gasteiger charge is 2.30. The number of aliphatic imine (C=N–C) groups is 1. The smallest absolute Gasteiger partial charge is 0.157 e. The lowest BCUT2D eigenvalue weighted by Crippen LogP contribution is -2.36. The number of hydrogen-bond acceptors (Lipinski definition) is 4. The molecule has 1 aliphatic carbocycles. The van der Waals surface area contributed by atoms with Crippen LogP contribution >= 0.6 is 11.8 Å². The van der Waals surface area contributed by atoms with Crippen LogP contribution in [0.5, 0.6) is 0 Å². The summed E-state index contributed by atoms with van der Waals surface area (Å²) >= 11 is 1.77. The van der Waals surface area contributed by atoms with E-state index in [-0.39, 0.29) is 0 Å². The molecular formula is C15H17N3S. The molecule has 1 N–H and O–H groups in total. The Hall–Kier alpha value is -1.47. The van der Waals surface area contributed by atoms with E-state index < -0.39 is 0 Å². The molecule has 2 atom stereocenters. The molecule has 4 heteroatoms. The first kappa shape index (κ1) is 12.6. The van der Waals surface area contributed by atoms with Gasteiger partial charge in [0, 0.05) is 5.75 Å². The fourth-order valence-corrected chi connectivity index (χ4v) is 3.63. The molecule has 1 saturated carbocycles. The number of nitriles is 1. The van der Waals surface area contributed by atoms with Crippen LogP contribution in [0.4, 0.5) is 0 Å². The van der Waals surface area contributed by atoms with E-state index >= 15 is 0 Å². The third kappa shape index (κ3) is 2.93. The molecule has 98 valence electrons. The van der Waals surface area contributed by atoms with Crippen LogP contribution in [0.3, 0.4) is 0 Å². The van der Waals surface area contributed by atoms with Gasteiger partial charge in [-0.3, -0.25) is 4.99 Å². The van der Waals surface area contributed by atoms with Crippen molar-refractivity contribution < 1.29 is 0 Å². The summed E-state index contributed by atoms with van der Waals surface area (Å²) in [5, 5.41) is 13.4. The van der Waals surface area contributed by atoms with Gasteiger partial charge in [-0.25, -0.2) is 0 Å². The van der Waals surface area contributed by atoms with E-state index in [9.17, 15) is 0 Å². The number of rotatable bonds is 2. The molecule has 0 spiro atoms. The molecule has 1 heterocycles. The Morgan fingerprint density at radius 3 is 2.79 bits per heavy atom. The van der Waals surface area contributed by atoms with Crippen molar-refractivity contribution in [2.24, 2.45) is 4.99 Å². The van der Waals surface area contributed by atoms with Crippen molar-refractivity contribution in [2.45, 2.75) is 43.5 Å². The van der Waals surface area contributed by atoms with E-state index in [1.54, 1.807) is 11.8 Å². The number of nitrogens with one attached hydrogen (secondary N) is 1. The third-order valence-corrected chi connectivity index (χ3v) is 4.75. The zero-order valence-corrected chi connectivity index (χ0v) is 11.6. The maximum Gasteiger partial charge on any atom is 0.157 e. The molecule has 1 fully saturated rings. The molecule has 3 rings (SSSR count). The minimum Gasteiger partial charge on any atom is -0.360 e. The van der Waals surface area contributed by atoms with E-state index in [2.05, 4.69) is 11.4 Å². The average Bonchev–Trinajstić information content (AvgIpc) is 2.88. The Labute approximate surface area is 118 Å². The maximum absolute atomic E-state index is 8.77. The van der Waals surface area contributed by atoms with E-state index in [4.69, 9.17) is 10.3 Å². The van der Waals surface area contributed by atoms with Crippen molar-refractivity contribution in [1.29, 1.82) is 5.26 Å². The van der Waals surface area contributed by atoms with Crippen molar-refractivity contribution in [2.75, 3.05) is 0 Å². The van der Waals surface area contributed by atoms with Gasteiger partial charge in [-0.15, -0.1) is 0 Å². The van der Waals surface area contributed by atoms with Gasteiger partial charge in [-0.2, -0.15) is 5.26 Å². The summed E-state index contributed by atoms with van der Waals surface area (Å²) < 4.78 is 0. The molecule has 0 bridgehead atoms. The van der Waals surface area contributed by atoms with Gasteiger partial charge in [0.15, 0.2) is 5.17 Å². The SMILES string of the molecule is N#Cc1ccc(CSC2=NC3CCCCC3N2)cc1. The van der Waals surface area contributed by atoms with Crippen LogP contribution in [0, 0.1) is 11.3 Å². The summed E-state index contributed by atoms with van der Waals surface area (Å²) in [4.78, 5) is 4.77. The van der Waals surface area contributed by atoms with Crippen molar-refractivity contribution >= 4 is 16.9 Å². The highest BCUT2D eigenvalue weighted by molar-refractivity contribution is 8.13.